The van der Waals surface area contributed by atoms with Gasteiger partial charge in [0.05, 0.1) is 40.3 Å². The summed E-state index contributed by atoms with van der Waals surface area (Å²) in [4.78, 5) is 36.7. The summed E-state index contributed by atoms with van der Waals surface area (Å²) >= 11 is 0. The number of hydrogen-bond acceptors (Lipinski definition) is 7. The predicted octanol–water partition coefficient (Wildman–Crippen LogP) is 10.0. The second-order valence-electron chi connectivity index (χ2n) is 14.9. The number of unbranched alkanes of at least 4 members (excludes halogenated alkanes) is 9. The Morgan fingerprint density at radius 2 is 1.07 bits per heavy atom. The molecule has 2 unspecified atom stereocenters. The molecular formula is C47H77NO7. The maximum Gasteiger partial charge on any atom is 0.306 e. The molecule has 0 aromatic heterocycles. The third kappa shape index (κ3) is 35.9. The van der Waals surface area contributed by atoms with Gasteiger partial charge < -0.3 is 28.6 Å². The van der Waals surface area contributed by atoms with Crippen molar-refractivity contribution in [3.05, 3.63) is 85.1 Å². The van der Waals surface area contributed by atoms with E-state index in [9.17, 15) is 19.5 Å². The molecule has 8 nitrogen and oxygen atoms in total. The third-order valence-corrected chi connectivity index (χ3v) is 8.79. The van der Waals surface area contributed by atoms with E-state index in [1.54, 1.807) is 21.1 Å². The van der Waals surface area contributed by atoms with Crippen LogP contribution in [0.2, 0.25) is 0 Å². The Balaban J connectivity index is 4.42. The first kappa shape index (κ1) is 51.5. The standard InChI is InChI=1S/C47H77NO7/c1-6-8-10-12-14-16-18-19-20-21-22-23-24-25-26-28-29-31-33-35-37-45(49)54-42-43(41-53-40-39-44(47(51)52)48(3,4)5)55-46(50)38-36-34-32-30-27-17-15-13-11-9-7-2/h8,10,13-17,19-20,22-23,25-27,43-44H,6-7,9,11-12,18,21,24,28-42H2,1-5H3/b10-8+,15-13+,16-14+,20-19+,23-22+,26-25+,27-17+. The zero-order valence-corrected chi connectivity index (χ0v) is 35.3. The van der Waals surface area contributed by atoms with Crippen LogP contribution in [0.4, 0.5) is 0 Å². The van der Waals surface area contributed by atoms with Crippen molar-refractivity contribution in [1.82, 2.24) is 0 Å². The minimum absolute atomic E-state index is 0.0162. The fraction of sp³-hybridized carbons (Fsp3) is 0.638. The minimum atomic E-state index is -1.14. The van der Waals surface area contributed by atoms with Crippen LogP contribution in [0, 0.1) is 0 Å². The van der Waals surface area contributed by atoms with Crippen LogP contribution in [-0.2, 0) is 28.6 Å². The van der Waals surface area contributed by atoms with Crippen molar-refractivity contribution in [3.8, 4) is 0 Å². The Bertz CT molecular complexity index is 1170. The number of aliphatic carboxylic acids is 1. The molecule has 8 heteroatoms. The molecule has 312 valence electrons. The molecule has 0 aromatic rings. The van der Waals surface area contributed by atoms with E-state index in [1.165, 1.54) is 12.8 Å². The lowest BCUT2D eigenvalue weighted by molar-refractivity contribution is -0.889. The molecule has 0 bridgehead atoms. The highest BCUT2D eigenvalue weighted by molar-refractivity contribution is 5.70. The van der Waals surface area contributed by atoms with Gasteiger partial charge in [0, 0.05) is 19.3 Å². The van der Waals surface area contributed by atoms with Crippen LogP contribution in [0.25, 0.3) is 0 Å². The van der Waals surface area contributed by atoms with E-state index in [4.69, 9.17) is 14.2 Å². The van der Waals surface area contributed by atoms with Crippen LogP contribution < -0.4 is 5.11 Å². The van der Waals surface area contributed by atoms with E-state index in [1.807, 2.05) is 0 Å². The lowest BCUT2D eigenvalue weighted by atomic mass is 10.1. The van der Waals surface area contributed by atoms with Gasteiger partial charge >= 0.3 is 11.9 Å². The fourth-order valence-electron chi connectivity index (χ4n) is 5.48. The normalized spacial score (nSPS) is 13.8. The number of carbonyl (C=O) groups is 3. The van der Waals surface area contributed by atoms with Crippen molar-refractivity contribution in [1.29, 1.82) is 0 Å². The highest BCUT2D eigenvalue weighted by Gasteiger charge is 2.25. The summed E-state index contributed by atoms with van der Waals surface area (Å²) in [7, 11) is 5.37. The molecule has 0 aliphatic heterocycles. The highest BCUT2D eigenvalue weighted by Crippen LogP contribution is 2.11. The minimum Gasteiger partial charge on any atom is -0.544 e. The number of nitrogens with zero attached hydrogens (tertiary/aromatic N) is 1. The number of carboxylic acid groups (broad SMARTS) is 1. The average Bonchev–Trinajstić information content (AvgIpc) is 3.14. The van der Waals surface area contributed by atoms with Gasteiger partial charge in [-0.2, -0.15) is 0 Å². The smallest absolute Gasteiger partial charge is 0.306 e. The van der Waals surface area contributed by atoms with E-state index in [0.29, 0.717) is 12.8 Å². The summed E-state index contributed by atoms with van der Waals surface area (Å²) < 4.78 is 17.1. The fourth-order valence-corrected chi connectivity index (χ4v) is 5.48. The predicted molar refractivity (Wildman–Crippen MR) is 226 cm³/mol. The first-order valence-electron chi connectivity index (χ1n) is 21.1. The van der Waals surface area contributed by atoms with Crippen molar-refractivity contribution in [2.75, 3.05) is 41.0 Å². The zero-order chi connectivity index (χ0) is 40.7. The van der Waals surface area contributed by atoms with Gasteiger partial charge in [0.1, 0.15) is 12.6 Å². The van der Waals surface area contributed by atoms with Crippen LogP contribution >= 0.6 is 0 Å². The first-order chi connectivity index (χ1) is 26.6. The molecular weight excluding hydrogens is 691 g/mol. The first-order valence-corrected chi connectivity index (χ1v) is 21.1. The van der Waals surface area contributed by atoms with E-state index in [-0.39, 0.29) is 49.1 Å². The number of likely N-dealkylation sites (N-methyl/N-ethyl adjacent to an activating group) is 1. The largest absolute Gasteiger partial charge is 0.544 e. The van der Waals surface area contributed by atoms with E-state index < -0.39 is 18.1 Å². The molecule has 0 fully saturated rings. The SMILES string of the molecule is CC/C=C/C/C=C/C/C=C/C/C=C/C/C=C/CCCCCCC(=O)OCC(COCCC(C(=O)[O-])[N+](C)(C)C)OC(=O)CCCCC/C=C/C=C/CCCC. The van der Waals surface area contributed by atoms with Gasteiger partial charge in [0.15, 0.2) is 6.10 Å². The summed E-state index contributed by atoms with van der Waals surface area (Å²) in [6, 6.07) is -0.738. The maximum atomic E-state index is 12.6. The maximum absolute atomic E-state index is 12.6. The topological polar surface area (TPSA) is 102 Å². The van der Waals surface area contributed by atoms with Crippen molar-refractivity contribution >= 4 is 17.9 Å². The molecule has 0 spiro atoms. The molecule has 0 saturated heterocycles. The molecule has 0 N–H and O–H groups in total. The Morgan fingerprint density at radius 3 is 1.62 bits per heavy atom. The average molecular weight is 768 g/mol. The van der Waals surface area contributed by atoms with E-state index >= 15 is 0 Å². The molecule has 0 saturated carbocycles. The van der Waals surface area contributed by atoms with Crippen LogP contribution in [0.1, 0.15) is 142 Å². The number of rotatable bonds is 36. The molecule has 0 radical (unpaired) electrons. The van der Waals surface area contributed by atoms with Crippen LogP contribution in [-0.4, -0.2) is 75.5 Å². The second kappa shape index (κ2) is 37.4. The molecule has 0 aliphatic carbocycles. The third-order valence-electron chi connectivity index (χ3n) is 8.79. The number of quaternary nitrogens is 1. The van der Waals surface area contributed by atoms with E-state index in [2.05, 4.69) is 98.9 Å². The van der Waals surface area contributed by atoms with Gasteiger partial charge in [-0.25, -0.2) is 0 Å². The molecule has 0 amide bonds. The molecule has 0 aromatic carbocycles. The molecule has 0 heterocycles. The Kier molecular flexibility index (Phi) is 35.1. The Hall–Kier alpha value is -3.49. The van der Waals surface area contributed by atoms with Crippen molar-refractivity contribution < 1.29 is 38.2 Å². The Labute approximate surface area is 335 Å². The number of allylic oxidation sites excluding steroid dienone is 14. The van der Waals surface area contributed by atoms with E-state index in [0.717, 1.165) is 89.9 Å². The molecule has 2 atom stereocenters. The summed E-state index contributed by atoms with van der Waals surface area (Å²) in [5, 5.41) is 11.6. The summed E-state index contributed by atoms with van der Waals surface area (Å²) in [5.74, 6) is -1.82. The van der Waals surface area contributed by atoms with Crippen LogP contribution in [0.3, 0.4) is 0 Å². The van der Waals surface area contributed by atoms with Crippen molar-refractivity contribution in [2.24, 2.45) is 0 Å². The molecule has 0 rings (SSSR count). The number of hydrogen-bond donors (Lipinski definition) is 0. The van der Waals surface area contributed by atoms with Crippen LogP contribution in [0.15, 0.2) is 85.1 Å². The van der Waals surface area contributed by atoms with Crippen molar-refractivity contribution in [2.45, 2.75) is 154 Å². The number of ether oxygens (including phenoxy) is 3. The van der Waals surface area contributed by atoms with Gasteiger partial charge in [-0.1, -0.05) is 131 Å². The van der Waals surface area contributed by atoms with Crippen LogP contribution in [0.5, 0.6) is 0 Å². The molecule has 55 heavy (non-hydrogen) atoms. The van der Waals surface area contributed by atoms with Gasteiger partial charge in [0.2, 0.25) is 0 Å². The van der Waals surface area contributed by atoms with Gasteiger partial charge in [-0.05, 0) is 77.0 Å². The quantitative estimate of drug-likeness (QED) is 0.0206. The van der Waals surface area contributed by atoms with Gasteiger partial charge in [-0.3, -0.25) is 9.59 Å². The number of carbonyl (C=O) groups excluding carboxylic acids is 3. The Morgan fingerprint density at radius 1 is 0.582 bits per heavy atom. The molecule has 0 aliphatic rings. The number of carboxylic acids is 1. The van der Waals surface area contributed by atoms with Gasteiger partial charge in [-0.15, -0.1) is 0 Å². The summed E-state index contributed by atoms with van der Waals surface area (Å²) in [6.07, 6.45) is 47.5. The van der Waals surface area contributed by atoms with Gasteiger partial charge in [0.25, 0.3) is 0 Å². The monoisotopic (exact) mass is 768 g/mol. The second-order valence-corrected chi connectivity index (χ2v) is 14.9. The zero-order valence-electron chi connectivity index (χ0n) is 35.3. The highest BCUT2D eigenvalue weighted by atomic mass is 16.6. The lowest BCUT2D eigenvalue weighted by Gasteiger charge is -2.34. The lowest BCUT2D eigenvalue weighted by Crippen LogP contribution is -2.55. The summed E-state index contributed by atoms with van der Waals surface area (Å²) in [6.45, 7) is 4.41. The summed E-state index contributed by atoms with van der Waals surface area (Å²) in [5.41, 5.74) is 0. The number of esters is 2. The van der Waals surface area contributed by atoms with Crippen molar-refractivity contribution in [3.63, 3.8) is 0 Å².